The van der Waals surface area contributed by atoms with E-state index in [1.165, 1.54) is 4.90 Å². The molecule has 1 aromatic carbocycles. The predicted molar refractivity (Wildman–Crippen MR) is 130 cm³/mol. The molecule has 4 atom stereocenters. The van der Waals surface area contributed by atoms with Crippen molar-refractivity contribution in [2.24, 2.45) is 11.8 Å². The van der Waals surface area contributed by atoms with E-state index in [2.05, 4.69) is 10.6 Å². The molecule has 2 fully saturated rings. The maximum absolute atomic E-state index is 13.3. The Bertz CT molecular complexity index is 975. The van der Waals surface area contributed by atoms with Gasteiger partial charge in [-0.15, -0.1) is 0 Å². The third kappa shape index (κ3) is 5.03. The number of ether oxygens (including phenoxy) is 2. The van der Waals surface area contributed by atoms with Gasteiger partial charge in [0.1, 0.15) is 11.4 Å². The lowest BCUT2D eigenvalue weighted by atomic mass is 9.89. The molecule has 2 heterocycles. The van der Waals surface area contributed by atoms with E-state index < -0.39 is 11.1 Å². The second-order valence-electron chi connectivity index (χ2n) is 10.9. The zero-order valence-electron chi connectivity index (χ0n) is 20.5. The quantitative estimate of drug-likeness (QED) is 0.541. The zero-order valence-corrected chi connectivity index (χ0v) is 21.3. The monoisotopic (exact) mass is 490 g/mol. The van der Waals surface area contributed by atoms with Gasteiger partial charge < -0.3 is 20.1 Å². The van der Waals surface area contributed by atoms with E-state index in [9.17, 15) is 9.59 Å². The van der Waals surface area contributed by atoms with Gasteiger partial charge in [0.05, 0.1) is 6.04 Å². The Hall–Kier alpha value is -2.32. The molecule has 0 radical (unpaired) electrons. The fraction of sp³-hybridized carbons (Fsp3) is 0.640. The summed E-state index contributed by atoms with van der Waals surface area (Å²) in [5.74, 6) is 0.397. The molecule has 2 aliphatic heterocycles. The molecule has 8 nitrogen and oxygen atoms in total. The van der Waals surface area contributed by atoms with E-state index in [1.807, 2.05) is 45.9 Å². The van der Waals surface area contributed by atoms with Crippen LogP contribution in [0.3, 0.4) is 0 Å². The third-order valence-electron chi connectivity index (χ3n) is 6.94. The Kier molecular flexibility index (Phi) is 6.59. The Morgan fingerprint density at radius 3 is 2.79 bits per heavy atom. The van der Waals surface area contributed by atoms with Crippen molar-refractivity contribution in [1.29, 1.82) is 5.41 Å². The van der Waals surface area contributed by atoms with Gasteiger partial charge in [-0.2, -0.15) is 0 Å². The highest BCUT2D eigenvalue weighted by molar-refractivity contribution is 6.31. The first-order valence-corrected chi connectivity index (χ1v) is 12.3. The third-order valence-corrected chi connectivity index (χ3v) is 7.27. The Balaban J connectivity index is 1.50. The van der Waals surface area contributed by atoms with E-state index in [4.69, 9.17) is 26.5 Å². The lowest BCUT2D eigenvalue weighted by Gasteiger charge is -2.42. The van der Waals surface area contributed by atoms with Crippen molar-refractivity contribution < 1.29 is 19.1 Å². The van der Waals surface area contributed by atoms with Crippen molar-refractivity contribution in [3.63, 3.8) is 0 Å². The fourth-order valence-electron chi connectivity index (χ4n) is 5.36. The van der Waals surface area contributed by atoms with Crippen LogP contribution in [0.4, 0.5) is 0 Å². The Morgan fingerprint density at radius 1 is 1.38 bits per heavy atom. The molecule has 3 N–H and O–H groups in total. The molecule has 1 unspecified atom stereocenters. The summed E-state index contributed by atoms with van der Waals surface area (Å²) in [4.78, 5) is 27.8. The summed E-state index contributed by atoms with van der Waals surface area (Å²) >= 11 is 6.48. The highest BCUT2D eigenvalue weighted by Crippen LogP contribution is 2.47. The molecule has 3 aliphatic rings. The zero-order chi connectivity index (χ0) is 24.8. The normalized spacial score (nSPS) is 27.8. The number of carbonyl (C=O) groups is 2. The number of rotatable bonds is 7. The van der Waals surface area contributed by atoms with Crippen molar-refractivity contribution in [3.05, 3.63) is 28.8 Å². The average molecular weight is 491 g/mol. The lowest BCUT2D eigenvalue weighted by molar-refractivity contribution is -0.133. The summed E-state index contributed by atoms with van der Waals surface area (Å²) in [6.07, 6.45) is 2.14. The molecule has 0 spiro atoms. The smallest absolute Gasteiger partial charge is 0.231 e. The number of halogens is 1. The van der Waals surface area contributed by atoms with Gasteiger partial charge >= 0.3 is 0 Å². The van der Waals surface area contributed by atoms with E-state index in [0.29, 0.717) is 43.1 Å². The van der Waals surface area contributed by atoms with Crippen molar-refractivity contribution >= 4 is 29.4 Å². The van der Waals surface area contributed by atoms with Crippen molar-refractivity contribution in [2.45, 2.75) is 76.6 Å². The summed E-state index contributed by atoms with van der Waals surface area (Å²) in [6.45, 7) is 8.27. The van der Waals surface area contributed by atoms with Crippen molar-refractivity contribution in [1.82, 2.24) is 15.5 Å². The van der Waals surface area contributed by atoms with Crippen molar-refractivity contribution in [2.75, 3.05) is 13.7 Å². The van der Waals surface area contributed by atoms with E-state index in [0.717, 1.165) is 5.56 Å². The maximum Gasteiger partial charge on any atom is 0.231 e. The summed E-state index contributed by atoms with van der Waals surface area (Å²) in [7, 11) is 1.62. The Labute approximate surface area is 206 Å². The number of guanidine groups is 1. The summed E-state index contributed by atoms with van der Waals surface area (Å²) in [6, 6.07) is 5.02. The summed E-state index contributed by atoms with van der Waals surface area (Å²) < 4.78 is 11.4. The predicted octanol–water partition coefficient (Wildman–Crippen LogP) is 3.63. The van der Waals surface area contributed by atoms with Gasteiger partial charge in [0, 0.05) is 54.6 Å². The number of nitrogens with one attached hydrogen (secondary N) is 3. The molecule has 34 heavy (non-hydrogen) atoms. The topological polar surface area (TPSA) is 104 Å². The molecule has 1 saturated carbocycles. The first-order chi connectivity index (χ1) is 15.9. The largest absolute Gasteiger partial charge is 0.487 e. The van der Waals surface area contributed by atoms with Gasteiger partial charge in [-0.3, -0.25) is 19.9 Å². The molecule has 4 rings (SSSR count). The number of hydrogen-bond acceptors (Lipinski definition) is 5. The van der Waals surface area contributed by atoms with Crippen LogP contribution < -0.4 is 15.4 Å². The van der Waals surface area contributed by atoms with Gasteiger partial charge in [0.25, 0.3) is 0 Å². The van der Waals surface area contributed by atoms with Gasteiger partial charge in [0.2, 0.25) is 11.8 Å². The van der Waals surface area contributed by atoms with Crippen LogP contribution in [0.1, 0.15) is 65.0 Å². The first-order valence-electron chi connectivity index (χ1n) is 11.9. The van der Waals surface area contributed by atoms with Gasteiger partial charge in [-0.1, -0.05) is 17.7 Å². The van der Waals surface area contributed by atoms with E-state index >= 15 is 0 Å². The van der Waals surface area contributed by atoms with Crippen LogP contribution in [0.2, 0.25) is 5.02 Å². The van der Waals surface area contributed by atoms with Crippen LogP contribution in [-0.4, -0.2) is 53.6 Å². The summed E-state index contributed by atoms with van der Waals surface area (Å²) in [5, 5.41) is 15.4. The SMILES string of the molecule is COCC[C@H](C1C[C@H]1C(=O)N[C@H]1CC(C)(C)Oc2cccc(Cl)c21)N1C(=N)NC(C)(C)CC1=O. The van der Waals surface area contributed by atoms with Crippen LogP contribution >= 0.6 is 11.6 Å². The molecule has 1 aromatic rings. The standard InChI is InChI=1S/C25H35ClN4O4/c1-24(2)13-20(31)30(23(27)29-24)18(9-10-33-5)14-11-15(14)22(32)28-17-12-25(3,4)34-19-8-6-7-16(26)21(17)19/h6-8,14-15,17-18H,9-13H2,1-5H3,(H2,27,29)(H,28,32)/t14?,15-,17+,18-/m1/s1. The molecular formula is C25H35ClN4O4. The van der Waals surface area contributed by atoms with E-state index in [-0.39, 0.29) is 41.7 Å². The van der Waals surface area contributed by atoms with Gasteiger partial charge in [-0.05, 0) is 58.6 Å². The number of fused-ring (bicyclic) bond motifs is 1. The first kappa shape index (κ1) is 24.8. The number of amides is 2. The second-order valence-corrected chi connectivity index (χ2v) is 11.3. The second kappa shape index (κ2) is 9.04. The summed E-state index contributed by atoms with van der Waals surface area (Å²) in [5.41, 5.74) is -0.0865. The fourth-order valence-corrected chi connectivity index (χ4v) is 5.66. The number of nitrogens with zero attached hydrogens (tertiary/aromatic N) is 1. The number of carbonyl (C=O) groups excluding carboxylic acids is 2. The van der Waals surface area contributed by atoms with Gasteiger partial charge in [0.15, 0.2) is 5.96 Å². The Morgan fingerprint density at radius 2 is 2.12 bits per heavy atom. The number of benzene rings is 1. The minimum atomic E-state index is -0.459. The molecule has 0 aromatic heterocycles. The molecular weight excluding hydrogens is 456 g/mol. The van der Waals surface area contributed by atoms with Crippen molar-refractivity contribution in [3.8, 4) is 5.75 Å². The van der Waals surface area contributed by atoms with Crippen LogP contribution in [0.15, 0.2) is 18.2 Å². The van der Waals surface area contributed by atoms with Crippen LogP contribution in [-0.2, 0) is 14.3 Å². The molecule has 9 heteroatoms. The van der Waals surface area contributed by atoms with E-state index in [1.54, 1.807) is 7.11 Å². The van der Waals surface area contributed by atoms with Crippen LogP contribution in [0, 0.1) is 17.2 Å². The number of methoxy groups -OCH3 is 1. The minimum absolute atomic E-state index is 0.0268. The molecule has 2 amide bonds. The van der Waals surface area contributed by atoms with Crippen LogP contribution in [0.5, 0.6) is 5.75 Å². The highest BCUT2D eigenvalue weighted by Gasteiger charge is 2.53. The maximum atomic E-state index is 13.3. The average Bonchev–Trinajstić information content (AvgIpc) is 3.48. The molecule has 1 saturated heterocycles. The van der Waals surface area contributed by atoms with Crippen LogP contribution in [0.25, 0.3) is 0 Å². The lowest BCUT2D eigenvalue weighted by Crippen LogP contribution is -2.63. The highest BCUT2D eigenvalue weighted by atomic mass is 35.5. The molecule has 1 aliphatic carbocycles. The molecule has 186 valence electrons. The minimum Gasteiger partial charge on any atom is -0.487 e. The molecule has 0 bridgehead atoms. The van der Waals surface area contributed by atoms with Gasteiger partial charge in [-0.25, -0.2) is 0 Å². The number of hydrogen-bond donors (Lipinski definition) is 3.